The second-order valence-electron chi connectivity index (χ2n) is 5.55. The number of guanidine groups is 1. The first-order valence-corrected chi connectivity index (χ1v) is 6.83. The Labute approximate surface area is 109 Å². The van der Waals surface area contributed by atoms with E-state index in [4.69, 9.17) is 5.73 Å². The Bertz CT molecular complexity index is 454. The van der Waals surface area contributed by atoms with Gasteiger partial charge in [0, 0.05) is 13.0 Å². The van der Waals surface area contributed by atoms with E-state index in [-0.39, 0.29) is 5.54 Å². The van der Waals surface area contributed by atoms with E-state index in [2.05, 4.69) is 47.3 Å². The number of aliphatic imine (C=N–C) groups is 1. The highest BCUT2D eigenvalue weighted by Crippen LogP contribution is 2.46. The van der Waals surface area contributed by atoms with Crippen molar-refractivity contribution < 1.29 is 0 Å². The second kappa shape index (κ2) is 4.30. The summed E-state index contributed by atoms with van der Waals surface area (Å²) in [4.78, 5) is 6.72. The van der Waals surface area contributed by atoms with Crippen LogP contribution in [0.1, 0.15) is 37.2 Å². The molecule has 3 rings (SSSR count). The average Bonchev–Trinajstić information content (AvgIpc) is 2.70. The third-order valence-corrected chi connectivity index (χ3v) is 4.73. The minimum atomic E-state index is 0.129. The molecule has 0 aromatic heterocycles. The summed E-state index contributed by atoms with van der Waals surface area (Å²) < 4.78 is 0. The van der Waals surface area contributed by atoms with Crippen molar-refractivity contribution in [3.63, 3.8) is 0 Å². The van der Waals surface area contributed by atoms with E-state index in [9.17, 15) is 0 Å². The topological polar surface area (TPSA) is 41.6 Å². The third kappa shape index (κ3) is 1.61. The van der Waals surface area contributed by atoms with Crippen LogP contribution in [0.5, 0.6) is 0 Å². The van der Waals surface area contributed by atoms with Gasteiger partial charge in [-0.1, -0.05) is 43.2 Å². The molecule has 1 saturated carbocycles. The third-order valence-electron chi connectivity index (χ3n) is 4.73. The maximum atomic E-state index is 6.00. The van der Waals surface area contributed by atoms with Crippen LogP contribution in [0.25, 0.3) is 0 Å². The molecule has 0 saturated heterocycles. The van der Waals surface area contributed by atoms with Crippen molar-refractivity contribution in [2.75, 3.05) is 13.6 Å². The van der Waals surface area contributed by atoms with Crippen LogP contribution in [0, 0.1) is 0 Å². The van der Waals surface area contributed by atoms with Crippen LogP contribution in [-0.2, 0) is 0 Å². The first-order valence-electron chi connectivity index (χ1n) is 6.83. The van der Waals surface area contributed by atoms with Crippen molar-refractivity contribution in [2.45, 2.75) is 37.1 Å². The number of hydrogen-bond acceptors (Lipinski definition) is 3. The van der Waals surface area contributed by atoms with Gasteiger partial charge in [0.15, 0.2) is 5.96 Å². The Kier molecular flexibility index (Phi) is 2.77. The van der Waals surface area contributed by atoms with Gasteiger partial charge in [0.2, 0.25) is 0 Å². The van der Waals surface area contributed by atoms with Gasteiger partial charge in [0.1, 0.15) is 0 Å². The molecule has 0 radical (unpaired) electrons. The Hall–Kier alpha value is -1.51. The lowest BCUT2D eigenvalue weighted by atomic mass is 9.69. The number of benzene rings is 1. The summed E-state index contributed by atoms with van der Waals surface area (Å²) in [7, 11) is 2.10. The molecule has 0 amide bonds. The van der Waals surface area contributed by atoms with Gasteiger partial charge in [-0.15, -0.1) is 0 Å². The molecule has 1 aliphatic carbocycles. The zero-order valence-corrected chi connectivity index (χ0v) is 11.0. The van der Waals surface area contributed by atoms with E-state index in [1.807, 2.05) is 0 Å². The first-order chi connectivity index (χ1) is 8.74. The lowest BCUT2D eigenvalue weighted by Gasteiger charge is -2.46. The van der Waals surface area contributed by atoms with Crippen LogP contribution in [0.2, 0.25) is 0 Å². The van der Waals surface area contributed by atoms with Gasteiger partial charge in [-0.05, 0) is 18.4 Å². The maximum absolute atomic E-state index is 6.00. The summed E-state index contributed by atoms with van der Waals surface area (Å²) in [6.45, 7) is 0.856. The van der Waals surface area contributed by atoms with Crippen molar-refractivity contribution in [2.24, 2.45) is 10.7 Å². The summed E-state index contributed by atoms with van der Waals surface area (Å²) in [5, 5.41) is 0. The Morgan fingerprint density at radius 1 is 1.28 bits per heavy atom. The quantitative estimate of drug-likeness (QED) is 0.822. The van der Waals surface area contributed by atoms with Gasteiger partial charge < -0.3 is 10.6 Å². The molecule has 1 heterocycles. The minimum Gasteiger partial charge on any atom is -0.370 e. The van der Waals surface area contributed by atoms with Crippen LogP contribution in [-0.4, -0.2) is 30.0 Å². The summed E-state index contributed by atoms with van der Waals surface area (Å²) in [5.41, 5.74) is 7.57. The second-order valence-corrected chi connectivity index (χ2v) is 5.55. The molecule has 2 aliphatic rings. The molecule has 2 atom stereocenters. The maximum Gasteiger partial charge on any atom is 0.191 e. The molecule has 96 valence electrons. The molecule has 1 aliphatic heterocycles. The Balaban J connectivity index is 1.97. The molecular formula is C15H21N3. The Morgan fingerprint density at radius 3 is 2.72 bits per heavy atom. The zero-order valence-electron chi connectivity index (χ0n) is 11.0. The largest absolute Gasteiger partial charge is 0.370 e. The van der Waals surface area contributed by atoms with Gasteiger partial charge in [0.25, 0.3) is 0 Å². The van der Waals surface area contributed by atoms with Gasteiger partial charge in [-0.3, -0.25) is 4.99 Å². The Morgan fingerprint density at radius 2 is 2.06 bits per heavy atom. The fourth-order valence-corrected chi connectivity index (χ4v) is 3.63. The standard InChI is InChI=1S/C15H21N3/c1-18-14(16)17-11-15(18)10-6-5-9-13(15)12-7-3-2-4-8-12/h2-4,7-8,13H,5-6,9-11H2,1H3,(H2,16,17). The smallest absolute Gasteiger partial charge is 0.191 e. The summed E-state index contributed by atoms with van der Waals surface area (Å²) in [6.07, 6.45) is 5.05. The fraction of sp³-hybridized carbons (Fsp3) is 0.533. The predicted molar refractivity (Wildman–Crippen MR) is 74.6 cm³/mol. The summed E-state index contributed by atoms with van der Waals surface area (Å²) in [5.74, 6) is 1.26. The van der Waals surface area contributed by atoms with E-state index in [1.54, 1.807) is 0 Å². The average molecular weight is 243 g/mol. The van der Waals surface area contributed by atoms with Crippen LogP contribution >= 0.6 is 0 Å². The SMILES string of the molecule is CN1C(N)=NCC12CCCCC2c1ccccc1. The van der Waals surface area contributed by atoms with Crippen molar-refractivity contribution in [3.8, 4) is 0 Å². The van der Waals surface area contributed by atoms with Crippen LogP contribution in [0.4, 0.5) is 0 Å². The van der Waals surface area contributed by atoms with E-state index in [0.717, 1.165) is 6.54 Å². The predicted octanol–water partition coefficient (Wildman–Crippen LogP) is 2.34. The van der Waals surface area contributed by atoms with Crippen molar-refractivity contribution in [1.29, 1.82) is 0 Å². The molecule has 3 nitrogen and oxygen atoms in total. The molecule has 1 aromatic carbocycles. The molecule has 2 N–H and O–H groups in total. The molecule has 0 bridgehead atoms. The summed E-state index contributed by atoms with van der Waals surface area (Å²) in [6, 6.07) is 10.9. The zero-order chi connectivity index (χ0) is 12.6. The molecule has 3 heteroatoms. The van der Waals surface area contributed by atoms with E-state index in [1.165, 1.54) is 31.2 Å². The lowest BCUT2D eigenvalue weighted by Crippen LogP contribution is -2.54. The molecular weight excluding hydrogens is 222 g/mol. The molecule has 1 fully saturated rings. The van der Waals surface area contributed by atoms with Gasteiger partial charge in [-0.25, -0.2) is 0 Å². The van der Waals surface area contributed by atoms with Gasteiger partial charge >= 0.3 is 0 Å². The fourth-order valence-electron chi connectivity index (χ4n) is 3.63. The van der Waals surface area contributed by atoms with E-state index in [0.29, 0.717) is 11.9 Å². The number of nitrogens with two attached hydrogens (primary N) is 1. The van der Waals surface area contributed by atoms with Gasteiger partial charge in [-0.2, -0.15) is 0 Å². The highest BCUT2D eigenvalue weighted by molar-refractivity contribution is 5.81. The lowest BCUT2D eigenvalue weighted by molar-refractivity contribution is 0.135. The van der Waals surface area contributed by atoms with Gasteiger partial charge in [0.05, 0.1) is 12.1 Å². The number of rotatable bonds is 1. The first kappa shape index (κ1) is 11.6. The highest BCUT2D eigenvalue weighted by Gasteiger charge is 2.48. The normalized spacial score (nSPS) is 31.7. The monoisotopic (exact) mass is 243 g/mol. The molecule has 1 spiro atoms. The van der Waals surface area contributed by atoms with Crippen LogP contribution in [0.15, 0.2) is 35.3 Å². The number of hydrogen-bond donors (Lipinski definition) is 1. The summed E-state index contributed by atoms with van der Waals surface area (Å²) >= 11 is 0. The van der Waals surface area contributed by atoms with E-state index < -0.39 is 0 Å². The van der Waals surface area contributed by atoms with Crippen molar-refractivity contribution >= 4 is 5.96 Å². The molecule has 18 heavy (non-hydrogen) atoms. The molecule has 1 aromatic rings. The number of likely N-dealkylation sites (N-methyl/N-ethyl adjacent to an activating group) is 1. The molecule has 2 unspecified atom stereocenters. The van der Waals surface area contributed by atoms with E-state index >= 15 is 0 Å². The van der Waals surface area contributed by atoms with Crippen molar-refractivity contribution in [1.82, 2.24) is 4.90 Å². The number of nitrogens with zero attached hydrogens (tertiary/aromatic N) is 2. The minimum absolute atomic E-state index is 0.129. The van der Waals surface area contributed by atoms with Crippen LogP contribution in [0.3, 0.4) is 0 Å². The highest BCUT2D eigenvalue weighted by atomic mass is 15.3. The van der Waals surface area contributed by atoms with Crippen LogP contribution < -0.4 is 5.73 Å². The van der Waals surface area contributed by atoms with Crippen molar-refractivity contribution in [3.05, 3.63) is 35.9 Å².